The SMILES string of the molecule is COc1cccc(C(CNC(=O)c2ccc(OC)c(OC)c2OC)c2c[nH]c3ccccc23)c1OC. The van der Waals surface area contributed by atoms with Crippen LogP contribution in [0.3, 0.4) is 0 Å². The third-order valence-electron chi connectivity index (χ3n) is 6.22. The Morgan fingerprint density at radius 2 is 1.44 bits per heavy atom. The van der Waals surface area contributed by atoms with Crippen LogP contribution in [0.25, 0.3) is 10.9 Å². The Balaban J connectivity index is 1.75. The predicted octanol–water partition coefficient (Wildman–Crippen LogP) is 4.77. The lowest BCUT2D eigenvalue weighted by Crippen LogP contribution is -2.29. The van der Waals surface area contributed by atoms with Gasteiger partial charge in [0.2, 0.25) is 5.75 Å². The Bertz CT molecular complexity index is 1360. The minimum atomic E-state index is -0.306. The van der Waals surface area contributed by atoms with Crippen molar-refractivity contribution < 1.29 is 28.5 Å². The number of ether oxygens (including phenoxy) is 5. The van der Waals surface area contributed by atoms with Gasteiger partial charge in [0, 0.05) is 35.1 Å². The zero-order valence-electron chi connectivity index (χ0n) is 21.0. The molecule has 1 unspecified atom stereocenters. The van der Waals surface area contributed by atoms with Crippen LogP contribution in [-0.4, -0.2) is 53.0 Å². The number of aromatic amines is 1. The zero-order valence-corrected chi connectivity index (χ0v) is 21.0. The van der Waals surface area contributed by atoms with Gasteiger partial charge in [0.05, 0.1) is 41.1 Å². The van der Waals surface area contributed by atoms with E-state index in [0.29, 0.717) is 40.9 Å². The Kier molecular flexibility index (Phi) is 7.53. The van der Waals surface area contributed by atoms with E-state index in [-0.39, 0.29) is 11.8 Å². The van der Waals surface area contributed by atoms with Gasteiger partial charge in [-0.2, -0.15) is 0 Å². The van der Waals surface area contributed by atoms with Gasteiger partial charge in [-0.25, -0.2) is 0 Å². The van der Waals surface area contributed by atoms with Crippen LogP contribution in [0.1, 0.15) is 27.4 Å². The average molecular weight is 491 g/mol. The van der Waals surface area contributed by atoms with E-state index in [1.165, 1.54) is 21.3 Å². The Hall–Kier alpha value is -4.33. The van der Waals surface area contributed by atoms with Gasteiger partial charge in [0.25, 0.3) is 5.91 Å². The summed E-state index contributed by atoms with van der Waals surface area (Å²) < 4.78 is 27.6. The first kappa shape index (κ1) is 24.8. The molecule has 3 aromatic carbocycles. The molecule has 36 heavy (non-hydrogen) atoms. The standard InChI is InChI=1S/C28H30N2O6/c1-32-23-12-8-10-18(25(23)34-3)21(20-15-29-22-11-7-6-9-17(20)22)16-30-28(31)19-13-14-24(33-2)27(36-5)26(19)35-4/h6-15,21,29H,16H2,1-5H3,(H,30,31). The molecule has 188 valence electrons. The summed E-state index contributed by atoms with van der Waals surface area (Å²) >= 11 is 0. The molecule has 0 radical (unpaired) electrons. The van der Waals surface area contributed by atoms with E-state index in [1.54, 1.807) is 26.4 Å². The first-order valence-electron chi connectivity index (χ1n) is 11.4. The lowest BCUT2D eigenvalue weighted by atomic mass is 9.89. The molecule has 0 aliphatic rings. The molecular formula is C28H30N2O6. The normalized spacial score (nSPS) is 11.6. The van der Waals surface area contributed by atoms with Crippen molar-refractivity contribution in [3.63, 3.8) is 0 Å². The fourth-order valence-electron chi connectivity index (χ4n) is 4.53. The summed E-state index contributed by atoms with van der Waals surface area (Å²) in [7, 11) is 7.74. The quantitative estimate of drug-likeness (QED) is 0.333. The minimum absolute atomic E-state index is 0.235. The number of carbonyl (C=O) groups excluding carboxylic acids is 1. The highest BCUT2D eigenvalue weighted by Gasteiger charge is 2.26. The third-order valence-corrected chi connectivity index (χ3v) is 6.22. The third kappa shape index (κ3) is 4.49. The number of hydrogen-bond donors (Lipinski definition) is 2. The summed E-state index contributed by atoms with van der Waals surface area (Å²) in [6.45, 7) is 0.293. The van der Waals surface area contributed by atoms with Crippen LogP contribution < -0.4 is 29.0 Å². The van der Waals surface area contributed by atoms with Crippen molar-refractivity contribution in [1.82, 2.24) is 10.3 Å². The van der Waals surface area contributed by atoms with Crippen LogP contribution in [0.4, 0.5) is 0 Å². The Morgan fingerprint density at radius 1 is 0.750 bits per heavy atom. The van der Waals surface area contributed by atoms with Crippen LogP contribution in [0, 0.1) is 0 Å². The number of para-hydroxylation sites is 2. The van der Waals surface area contributed by atoms with Gasteiger partial charge in [-0.05, 0) is 29.8 Å². The molecule has 0 saturated carbocycles. The van der Waals surface area contributed by atoms with Crippen molar-refractivity contribution >= 4 is 16.8 Å². The van der Waals surface area contributed by atoms with Crippen molar-refractivity contribution in [3.8, 4) is 28.7 Å². The first-order valence-corrected chi connectivity index (χ1v) is 11.4. The molecule has 1 amide bonds. The molecule has 4 aromatic rings. The number of carbonyl (C=O) groups is 1. The lowest BCUT2D eigenvalue weighted by molar-refractivity contribution is 0.0948. The molecular weight excluding hydrogens is 460 g/mol. The Labute approximate surface area is 210 Å². The second-order valence-electron chi connectivity index (χ2n) is 8.02. The van der Waals surface area contributed by atoms with E-state index in [4.69, 9.17) is 23.7 Å². The summed E-state index contributed by atoms with van der Waals surface area (Å²) in [5, 5.41) is 4.14. The molecule has 4 rings (SSSR count). The van der Waals surface area contributed by atoms with Crippen LogP contribution >= 0.6 is 0 Å². The molecule has 0 aliphatic carbocycles. The maximum absolute atomic E-state index is 13.4. The summed E-state index contributed by atoms with van der Waals surface area (Å²) in [5.41, 5.74) is 3.26. The van der Waals surface area contributed by atoms with Gasteiger partial charge < -0.3 is 34.0 Å². The minimum Gasteiger partial charge on any atom is -0.493 e. The fourth-order valence-corrected chi connectivity index (χ4v) is 4.53. The van der Waals surface area contributed by atoms with Crippen LogP contribution in [0.15, 0.2) is 60.8 Å². The molecule has 1 aromatic heterocycles. The van der Waals surface area contributed by atoms with Crippen LogP contribution in [0.5, 0.6) is 28.7 Å². The molecule has 2 N–H and O–H groups in total. The summed E-state index contributed by atoms with van der Waals surface area (Å²) in [6.07, 6.45) is 1.97. The molecule has 0 spiro atoms. The van der Waals surface area contributed by atoms with Crippen molar-refractivity contribution in [2.75, 3.05) is 42.1 Å². The molecule has 1 heterocycles. The van der Waals surface area contributed by atoms with Crippen LogP contribution in [0.2, 0.25) is 0 Å². The maximum atomic E-state index is 13.4. The first-order chi connectivity index (χ1) is 17.6. The van der Waals surface area contributed by atoms with Crippen LogP contribution in [-0.2, 0) is 0 Å². The van der Waals surface area contributed by atoms with E-state index in [0.717, 1.165) is 22.0 Å². The number of aromatic nitrogens is 1. The van der Waals surface area contributed by atoms with Gasteiger partial charge >= 0.3 is 0 Å². The second kappa shape index (κ2) is 10.9. The monoisotopic (exact) mass is 490 g/mol. The molecule has 1 atom stereocenters. The highest BCUT2D eigenvalue weighted by molar-refractivity contribution is 5.98. The van der Waals surface area contributed by atoms with Crippen molar-refractivity contribution in [2.24, 2.45) is 0 Å². The van der Waals surface area contributed by atoms with Gasteiger partial charge in [0.15, 0.2) is 23.0 Å². The van der Waals surface area contributed by atoms with E-state index in [1.807, 2.05) is 42.6 Å². The van der Waals surface area contributed by atoms with E-state index < -0.39 is 0 Å². The Morgan fingerprint density at radius 3 is 2.14 bits per heavy atom. The molecule has 0 bridgehead atoms. The predicted molar refractivity (Wildman–Crippen MR) is 138 cm³/mol. The molecule has 8 heteroatoms. The van der Waals surface area contributed by atoms with Crippen molar-refractivity contribution in [2.45, 2.75) is 5.92 Å². The van der Waals surface area contributed by atoms with Gasteiger partial charge in [-0.15, -0.1) is 0 Å². The lowest BCUT2D eigenvalue weighted by Gasteiger charge is -2.22. The highest BCUT2D eigenvalue weighted by atomic mass is 16.5. The number of methoxy groups -OCH3 is 5. The summed E-state index contributed by atoms with van der Waals surface area (Å²) in [6, 6.07) is 17.1. The fraction of sp³-hybridized carbons (Fsp3) is 0.250. The van der Waals surface area contributed by atoms with E-state index in [2.05, 4.69) is 16.4 Å². The number of nitrogens with one attached hydrogen (secondary N) is 2. The van der Waals surface area contributed by atoms with Gasteiger partial charge in [0.1, 0.15) is 0 Å². The van der Waals surface area contributed by atoms with Gasteiger partial charge in [-0.1, -0.05) is 30.3 Å². The summed E-state index contributed by atoms with van der Waals surface area (Å²) in [5.74, 6) is 1.83. The van der Waals surface area contributed by atoms with Crippen molar-refractivity contribution in [3.05, 3.63) is 77.5 Å². The number of amides is 1. The van der Waals surface area contributed by atoms with E-state index in [9.17, 15) is 4.79 Å². The zero-order chi connectivity index (χ0) is 25.7. The number of benzene rings is 3. The number of hydrogen-bond acceptors (Lipinski definition) is 6. The smallest absolute Gasteiger partial charge is 0.255 e. The number of rotatable bonds is 10. The van der Waals surface area contributed by atoms with Crippen molar-refractivity contribution in [1.29, 1.82) is 0 Å². The molecule has 0 aliphatic heterocycles. The largest absolute Gasteiger partial charge is 0.493 e. The topological polar surface area (TPSA) is 91.0 Å². The highest BCUT2D eigenvalue weighted by Crippen LogP contribution is 2.41. The molecule has 0 saturated heterocycles. The van der Waals surface area contributed by atoms with E-state index >= 15 is 0 Å². The maximum Gasteiger partial charge on any atom is 0.255 e. The second-order valence-corrected chi connectivity index (χ2v) is 8.02. The molecule has 0 fully saturated rings. The summed E-state index contributed by atoms with van der Waals surface area (Å²) in [4.78, 5) is 16.7. The number of H-pyrrole nitrogens is 1. The average Bonchev–Trinajstić information content (AvgIpc) is 3.35. The molecule has 8 nitrogen and oxygen atoms in total. The number of fused-ring (bicyclic) bond motifs is 1. The van der Waals surface area contributed by atoms with Gasteiger partial charge in [-0.3, -0.25) is 4.79 Å².